The standard InChI is InChI=1S/C19H23BrN2O3/c1-22(2)17(16-9-4-5-10-18(16)24-3)12-21-19(23)13-25-15-8-6-7-14(20)11-15/h4-11,17H,12-13H2,1-3H3,(H,21,23)/p+1/t17-/m1/s1. The Morgan fingerprint density at radius 3 is 2.64 bits per heavy atom. The lowest BCUT2D eigenvalue weighted by atomic mass is 10.0. The van der Waals surface area contributed by atoms with Gasteiger partial charge in [0.15, 0.2) is 6.61 Å². The Hall–Kier alpha value is -2.05. The molecule has 0 heterocycles. The van der Waals surface area contributed by atoms with E-state index in [2.05, 4.69) is 35.3 Å². The zero-order valence-corrected chi connectivity index (χ0v) is 16.3. The molecule has 0 aliphatic rings. The molecule has 1 amide bonds. The van der Waals surface area contributed by atoms with Crippen molar-refractivity contribution in [2.45, 2.75) is 6.04 Å². The van der Waals surface area contributed by atoms with Gasteiger partial charge in [-0.3, -0.25) is 4.79 Å². The van der Waals surface area contributed by atoms with Crippen LogP contribution in [0.4, 0.5) is 0 Å². The van der Waals surface area contributed by atoms with E-state index < -0.39 is 0 Å². The fourth-order valence-electron chi connectivity index (χ4n) is 2.55. The maximum Gasteiger partial charge on any atom is 0.258 e. The van der Waals surface area contributed by atoms with Crippen molar-refractivity contribution in [1.29, 1.82) is 0 Å². The zero-order chi connectivity index (χ0) is 18.2. The molecule has 2 rings (SSSR count). The number of rotatable bonds is 8. The van der Waals surface area contributed by atoms with E-state index in [1.54, 1.807) is 7.11 Å². The molecule has 0 aliphatic heterocycles. The average molecular weight is 408 g/mol. The van der Waals surface area contributed by atoms with Crippen LogP contribution in [0.15, 0.2) is 53.0 Å². The molecule has 6 heteroatoms. The molecule has 25 heavy (non-hydrogen) atoms. The largest absolute Gasteiger partial charge is 0.496 e. The fourth-order valence-corrected chi connectivity index (χ4v) is 2.93. The number of methoxy groups -OCH3 is 1. The van der Waals surface area contributed by atoms with Crippen molar-refractivity contribution in [2.24, 2.45) is 0 Å². The van der Waals surface area contributed by atoms with Gasteiger partial charge in [-0.05, 0) is 30.3 Å². The molecule has 2 N–H and O–H groups in total. The highest BCUT2D eigenvalue weighted by Crippen LogP contribution is 2.22. The molecule has 134 valence electrons. The Morgan fingerprint density at radius 2 is 1.96 bits per heavy atom. The predicted octanol–water partition coefficient (Wildman–Crippen LogP) is 1.84. The number of carbonyl (C=O) groups excluding carboxylic acids is 1. The number of nitrogens with one attached hydrogen (secondary N) is 2. The average Bonchev–Trinajstić information content (AvgIpc) is 2.60. The number of likely N-dealkylation sites (N-methyl/N-ethyl adjacent to an activating group) is 1. The van der Waals surface area contributed by atoms with E-state index in [0.29, 0.717) is 12.3 Å². The summed E-state index contributed by atoms with van der Waals surface area (Å²) in [7, 11) is 5.77. The topological polar surface area (TPSA) is 52.0 Å². The number of ether oxygens (including phenoxy) is 2. The van der Waals surface area contributed by atoms with Crippen LogP contribution in [0.3, 0.4) is 0 Å². The number of carbonyl (C=O) groups is 1. The summed E-state index contributed by atoms with van der Waals surface area (Å²) in [6, 6.07) is 15.4. The molecule has 0 fully saturated rings. The van der Waals surface area contributed by atoms with Gasteiger partial charge in [0, 0.05) is 4.47 Å². The van der Waals surface area contributed by atoms with Gasteiger partial charge in [-0.2, -0.15) is 0 Å². The Bertz CT molecular complexity index is 707. The second kappa shape index (κ2) is 9.44. The van der Waals surface area contributed by atoms with Crippen molar-refractivity contribution in [1.82, 2.24) is 5.32 Å². The Labute approximate surface area is 157 Å². The van der Waals surface area contributed by atoms with E-state index >= 15 is 0 Å². The summed E-state index contributed by atoms with van der Waals surface area (Å²) < 4.78 is 11.9. The summed E-state index contributed by atoms with van der Waals surface area (Å²) in [5, 5.41) is 2.95. The van der Waals surface area contributed by atoms with E-state index in [0.717, 1.165) is 15.8 Å². The first-order chi connectivity index (χ1) is 12.0. The minimum absolute atomic E-state index is 0.0160. The Morgan fingerprint density at radius 1 is 1.20 bits per heavy atom. The van der Waals surface area contributed by atoms with E-state index in [1.165, 1.54) is 4.90 Å². The van der Waals surface area contributed by atoms with Crippen molar-refractivity contribution in [3.8, 4) is 11.5 Å². The van der Waals surface area contributed by atoms with Gasteiger partial charge in [-0.15, -0.1) is 0 Å². The fraction of sp³-hybridized carbons (Fsp3) is 0.316. The maximum absolute atomic E-state index is 12.1. The number of quaternary nitrogens is 1. The minimum Gasteiger partial charge on any atom is -0.496 e. The van der Waals surface area contributed by atoms with Crippen LogP contribution in [0, 0.1) is 0 Å². The van der Waals surface area contributed by atoms with Crippen LogP contribution in [0.1, 0.15) is 11.6 Å². The molecule has 0 aliphatic carbocycles. The SMILES string of the molecule is COc1ccccc1[C@@H](CNC(=O)COc1cccc(Br)c1)[NH+](C)C. The number of halogens is 1. The molecule has 2 aromatic rings. The summed E-state index contributed by atoms with van der Waals surface area (Å²) in [6.45, 7) is 0.487. The van der Waals surface area contributed by atoms with Gasteiger partial charge in [0.1, 0.15) is 17.5 Å². The van der Waals surface area contributed by atoms with Gasteiger partial charge in [0.2, 0.25) is 0 Å². The van der Waals surface area contributed by atoms with Crippen LogP contribution in [0.25, 0.3) is 0 Å². The van der Waals surface area contributed by atoms with Gasteiger partial charge < -0.3 is 19.7 Å². The molecule has 0 unspecified atom stereocenters. The maximum atomic E-state index is 12.1. The van der Waals surface area contributed by atoms with Gasteiger partial charge in [-0.25, -0.2) is 0 Å². The Kier molecular flexibility index (Phi) is 7.28. The smallest absolute Gasteiger partial charge is 0.258 e. The van der Waals surface area contributed by atoms with Crippen LogP contribution in [-0.4, -0.2) is 40.3 Å². The normalized spacial score (nSPS) is 11.9. The molecule has 5 nitrogen and oxygen atoms in total. The monoisotopic (exact) mass is 407 g/mol. The van der Waals surface area contributed by atoms with Crippen molar-refractivity contribution in [3.63, 3.8) is 0 Å². The second-order valence-electron chi connectivity index (χ2n) is 5.92. The Balaban J connectivity index is 1.93. The van der Waals surface area contributed by atoms with Crippen molar-refractivity contribution in [3.05, 3.63) is 58.6 Å². The lowest BCUT2D eigenvalue weighted by molar-refractivity contribution is -0.890. The highest BCUT2D eigenvalue weighted by atomic mass is 79.9. The van der Waals surface area contributed by atoms with E-state index in [9.17, 15) is 4.79 Å². The zero-order valence-electron chi connectivity index (χ0n) is 14.7. The van der Waals surface area contributed by atoms with Crippen molar-refractivity contribution >= 4 is 21.8 Å². The quantitative estimate of drug-likeness (QED) is 0.701. The number of benzene rings is 2. The van der Waals surface area contributed by atoms with E-state index in [1.807, 2.05) is 48.5 Å². The van der Waals surface area contributed by atoms with Crippen LogP contribution >= 0.6 is 15.9 Å². The molecular formula is C19H24BrN2O3+. The van der Waals surface area contributed by atoms with Gasteiger partial charge in [0.25, 0.3) is 5.91 Å². The third kappa shape index (κ3) is 5.76. The van der Waals surface area contributed by atoms with Crippen LogP contribution in [-0.2, 0) is 4.79 Å². The molecule has 0 saturated carbocycles. The number of hydrogen-bond donors (Lipinski definition) is 2. The third-order valence-electron chi connectivity index (χ3n) is 3.88. The lowest BCUT2D eigenvalue weighted by Gasteiger charge is -2.23. The van der Waals surface area contributed by atoms with Crippen molar-refractivity contribution < 1.29 is 19.2 Å². The molecular weight excluding hydrogens is 384 g/mol. The molecule has 0 spiro atoms. The van der Waals surface area contributed by atoms with E-state index in [-0.39, 0.29) is 18.6 Å². The molecule has 0 bridgehead atoms. The van der Waals surface area contributed by atoms with E-state index in [4.69, 9.17) is 9.47 Å². The molecule has 2 aromatic carbocycles. The minimum atomic E-state index is -0.152. The van der Waals surface area contributed by atoms with Gasteiger partial charge >= 0.3 is 0 Å². The van der Waals surface area contributed by atoms with Crippen LogP contribution < -0.4 is 19.7 Å². The predicted molar refractivity (Wildman–Crippen MR) is 101 cm³/mol. The van der Waals surface area contributed by atoms with Crippen LogP contribution in [0.2, 0.25) is 0 Å². The first-order valence-electron chi connectivity index (χ1n) is 8.09. The first kappa shape index (κ1) is 19.3. The molecule has 0 radical (unpaired) electrons. The highest BCUT2D eigenvalue weighted by Gasteiger charge is 2.22. The molecule has 1 atom stereocenters. The van der Waals surface area contributed by atoms with Crippen LogP contribution in [0.5, 0.6) is 11.5 Å². The third-order valence-corrected chi connectivity index (χ3v) is 4.37. The van der Waals surface area contributed by atoms with Gasteiger partial charge in [-0.1, -0.05) is 34.1 Å². The summed E-state index contributed by atoms with van der Waals surface area (Å²) in [6.07, 6.45) is 0. The lowest BCUT2D eigenvalue weighted by Crippen LogP contribution is -3.07. The van der Waals surface area contributed by atoms with Crippen molar-refractivity contribution in [2.75, 3.05) is 34.4 Å². The summed E-state index contributed by atoms with van der Waals surface area (Å²) in [5.74, 6) is 1.33. The number of hydrogen-bond acceptors (Lipinski definition) is 3. The van der Waals surface area contributed by atoms with Gasteiger partial charge in [0.05, 0.1) is 33.3 Å². The highest BCUT2D eigenvalue weighted by molar-refractivity contribution is 9.10. The molecule has 0 aromatic heterocycles. The first-order valence-corrected chi connectivity index (χ1v) is 8.88. The summed E-state index contributed by atoms with van der Waals surface area (Å²) in [4.78, 5) is 13.3. The number of amides is 1. The molecule has 0 saturated heterocycles. The second-order valence-corrected chi connectivity index (χ2v) is 6.84. The summed E-state index contributed by atoms with van der Waals surface area (Å²) in [5.41, 5.74) is 1.07. The number of para-hydroxylation sites is 1. The summed E-state index contributed by atoms with van der Waals surface area (Å²) >= 11 is 3.38.